The third kappa shape index (κ3) is 6.87. The molecule has 1 saturated carbocycles. The van der Waals surface area contributed by atoms with Gasteiger partial charge in [-0.2, -0.15) is 0 Å². The molecule has 0 unspecified atom stereocenters. The van der Waals surface area contributed by atoms with Crippen LogP contribution in [0, 0.1) is 0 Å². The molecule has 228 valence electrons. The predicted octanol–water partition coefficient (Wildman–Crippen LogP) is 5.01. The topological polar surface area (TPSA) is 98.1 Å². The highest BCUT2D eigenvalue weighted by Gasteiger charge is 2.42. The van der Waals surface area contributed by atoms with Gasteiger partial charge in [-0.3, -0.25) is 4.79 Å². The van der Waals surface area contributed by atoms with Crippen molar-refractivity contribution >= 4 is 29.9 Å². The predicted molar refractivity (Wildman–Crippen MR) is 165 cm³/mol. The van der Waals surface area contributed by atoms with E-state index in [2.05, 4.69) is 5.32 Å². The highest BCUT2D eigenvalue weighted by Crippen LogP contribution is 2.41. The monoisotopic (exact) mass is 618 g/mol. The summed E-state index contributed by atoms with van der Waals surface area (Å²) in [6.45, 7) is 2.55. The van der Waals surface area contributed by atoms with E-state index < -0.39 is 5.60 Å². The van der Waals surface area contributed by atoms with E-state index in [1.54, 1.807) is 38.7 Å². The van der Waals surface area contributed by atoms with Crippen molar-refractivity contribution in [3.05, 3.63) is 65.6 Å². The molecular formula is C31H40Cl2N4O5. The highest BCUT2D eigenvalue weighted by atomic mass is 35.5. The minimum absolute atomic E-state index is 0. The molecule has 1 saturated heterocycles. The van der Waals surface area contributed by atoms with Gasteiger partial charge >= 0.3 is 0 Å². The van der Waals surface area contributed by atoms with Gasteiger partial charge in [0, 0.05) is 55.9 Å². The van der Waals surface area contributed by atoms with Gasteiger partial charge in [0.2, 0.25) is 0 Å². The van der Waals surface area contributed by atoms with Crippen LogP contribution in [0.1, 0.15) is 48.6 Å². The van der Waals surface area contributed by atoms with Crippen LogP contribution in [0.3, 0.4) is 0 Å². The molecule has 42 heavy (non-hydrogen) atoms. The molecule has 2 aromatic carbocycles. The molecule has 5 rings (SSSR count). The quantitative estimate of drug-likeness (QED) is 0.329. The van der Waals surface area contributed by atoms with E-state index in [1.807, 2.05) is 39.8 Å². The summed E-state index contributed by atoms with van der Waals surface area (Å²) < 4.78 is 18.9. The Morgan fingerprint density at radius 1 is 1.17 bits per heavy atom. The van der Waals surface area contributed by atoms with Crippen LogP contribution >= 0.6 is 24.0 Å². The summed E-state index contributed by atoms with van der Waals surface area (Å²) in [6, 6.07) is 14.8. The Labute approximate surface area is 258 Å². The normalized spacial score (nSPS) is 22.3. The summed E-state index contributed by atoms with van der Waals surface area (Å²) in [5, 5.41) is 15.6. The maximum atomic E-state index is 14.2. The van der Waals surface area contributed by atoms with Gasteiger partial charge in [-0.1, -0.05) is 54.8 Å². The first-order chi connectivity index (χ1) is 19.9. The molecule has 0 spiro atoms. The number of nitrogens with zero attached hydrogens (tertiary/aromatic N) is 3. The van der Waals surface area contributed by atoms with Gasteiger partial charge < -0.3 is 34.1 Å². The molecule has 0 bridgehead atoms. The lowest BCUT2D eigenvalue weighted by atomic mass is 9.80. The summed E-state index contributed by atoms with van der Waals surface area (Å²) in [6.07, 6.45) is 5.70. The largest absolute Gasteiger partial charge is 0.493 e. The number of aromatic nitrogens is 2. The van der Waals surface area contributed by atoms with Crippen LogP contribution in [-0.4, -0.2) is 84.2 Å². The Bertz CT molecular complexity index is 1320. The molecule has 9 nitrogen and oxygen atoms in total. The van der Waals surface area contributed by atoms with Crippen LogP contribution in [0.25, 0.3) is 11.3 Å². The number of amides is 1. The van der Waals surface area contributed by atoms with Gasteiger partial charge in [0.05, 0.1) is 38.4 Å². The number of hydrogen-bond donors (Lipinski definition) is 2. The molecule has 11 heteroatoms. The van der Waals surface area contributed by atoms with Crippen molar-refractivity contribution in [1.29, 1.82) is 0 Å². The second-order valence-corrected chi connectivity index (χ2v) is 11.2. The number of carbonyl (C=O) groups excluding carboxylic acids is 1. The van der Waals surface area contributed by atoms with Gasteiger partial charge in [-0.15, -0.1) is 12.4 Å². The fourth-order valence-electron chi connectivity index (χ4n) is 6.14. The fourth-order valence-corrected chi connectivity index (χ4v) is 6.31. The Morgan fingerprint density at radius 3 is 2.74 bits per heavy atom. The number of hydrogen-bond acceptors (Lipinski definition) is 7. The minimum Gasteiger partial charge on any atom is -0.493 e. The maximum Gasteiger partial charge on any atom is 0.275 e. The molecule has 1 aromatic heterocycles. The zero-order chi connectivity index (χ0) is 28.8. The van der Waals surface area contributed by atoms with Gasteiger partial charge in [-0.25, -0.2) is 4.98 Å². The molecule has 3 aromatic rings. The SMILES string of the molecule is COC[C@]1(O)CCCC[C@H]1n1cnc(C(=O)N2CCNC[C@H]2CCOc2ccc(Cl)cc2OC)c1-c1ccccc1.Cl. The number of rotatable bonds is 10. The number of piperazine rings is 1. The lowest BCUT2D eigenvalue weighted by Gasteiger charge is -2.41. The number of halogens is 2. The number of imidazole rings is 1. The first-order valence-electron chi connectivity index (χ1n) is 14.3. The van der Waals surface area contributed by atoms with E-state index in [1.165, 1.54) is 0 Å². The van der Waals surface area contributed by atoms with Crippen molar-refractivity contribution in [3.8, 4) is 22.8 Å². The van der Waals surface area contributed by atoms with Crippen LogP contribution in [-0.2, 0) is 4.74 Å². The Kier molecular flexibility index (Phi) is 11.1. The molecule has 2 N–H and O–H groups in total. The Morgan fingerprint density at radius 2 is 1.98 bits per heavy atom. The highest BCUT2D eigenvalue weighted by molar-refractivity contribution is 6.30. The van der Waals surface area contributed by atoms with Crippen LogP contribution in [0.4, 0.5) is 0 Å². The van der Waals surface area contributed by atoms with Gasteiger partial charge in [0.25, 0.3) is 5.91 Å². The van der Waals surface area contributed by atoms with Gasteiger partial charge in [0.1, 0.15) is 5.60 Å². The molecular weight excluding hydrogens is 579 g/mol. The summed E-state index contributed by atoms with van der Waals surface area (Å²) in [7, 11) is 3.19. The van der Waals surface area contributed by atoms with E-state index >= 15 is 0 Å². The zero-order valence-corrected chi connectivity index (χ0v) is 25.7. The number of carbonyl (C=O) groups is 1. The number of methoxy groups -OCH3 is 2. The van der Waals surface area contributed by atoms with Crippen molar-refractivity contribution in [3.63, 3.8) is 0 Å². The number of nitrogens with one attached hydrogen (secondary N) is 1. The van der Waals surface area contributed by atoms with Crippen LogP contribution in [0.2, 0.25) is 5.02 Å². The molecule has 0 radical (unpaired) electrons. The van der Waals surface area contributed by atoms with E-state index in [0.717, 1.165) is 30.5 Å². The van der Waals surface area contributed by atoms with Crippen LogP contribution in [0.15, 0.2) is 54.9 Å². The lowest BCUT2D eigenvalue weighted by molar-refractivity contribution is -0.0893. The van der Waals surface area contributed by atoms with Gasteiger partial charge in [0.15, 0.2) is 17.2 Å². The summed E-state index contributed by atoms with van der Waals surface area (Å²) in [5.41, 5.74) is 0.989. The van der Waals surface area contributed by atoms with Crippen molar-refractivity contribution in [2.24, 2.45) is 0 Å². The first kappa shape index (κ1) is 32.1. The summed E-state index contributed by atoms with van der Waals surface area (Å²) in [5.74, 6) is 1.06. The second kappa shape index (κ2) is 14.6. The summed E-state index contributed by atoms with van der Waals surface area (Å²) >= 11 is 6.09. The third-order valence-corrected chi connectivity index (χ3v) is 8.41. The molecule has 2 fully saturated rings. The number of aliphatic hydroxyl groups is 1. The van der Waals surface area contributed by atoms with Gasteiger partial charge in [-0.05, 0) is 25.0 Å². The average Bonchev–Trinajstić information content (AvgIpc) is 3.43. The zero-order valence-electron chi connectivity index (χ0n) is 24.1. The fraction of sp³-hybridized carbons (Fsp3) is 0.484. The van der Waals surface area contributed by atoms with E-state index in [-0.39, 0.29) is 37.0 Å². The van der Waals surface area contributed by atoms with Crippen molar-refractivity contribution in [1.82, 2.24) is 19.8 Å². The van der Waals surface area contributed by atoms with Crippen molar-refractivity contribution < 1.29 is 24.1 Å². The standard InChI is InChI=1S/C31H39ClN4O5.ClH/c1-39-20-31(38)14-7-6-10-27(31)36-21-34-28(29(36)22-8-4-3-5-9-22)30(37)35-16-15-33-19-24(35)13-17-41-25-12-11-23(32)18-26(25)40-2;/h3-5,8-9,11-12,18,21,24,27,33,38H,6-7,10,13-17,19-20H2,1-2H3;1H/t24-,27-,31-;/m1./s1. The minimum atomic E-state index is -1.03. The molecule has 2 aliphatic rings. The number of benzene rings is 2. The lowest BCUT2D eigenvalue weighted by Crippen LogP contribution is -2.54. The van der Waals surface area contributed by atoms with E-state index in [0.29, 0.717) is 61.3 Å². The first-order valence-corrected chi connectivity index (χ1v) is 14.6. The molecule has 1 aliphatic carbocycles. The molecule has 1 aliphatic heterocycles. The second-order valence-electron chi connectivity index (χ2n) is 10.8. The van der Waals surface area contributed by atoms with E-state index in [4.69, 9.17) is 30.8 Å². The van der Waals surface area contributed by atoms with Crippen molar-refractivity contribution in [2.75, 3.05) is 47.1 Å². The maximum absolute atomic E-state index is 14.2. The average molecular weight is 620 g/mol. The molecule has 2 heterocycles. The Balaban J connectivity index is 0.00000405. The van der Waals surface area contributed by atoms with Crippen LogP contribution < -0.4 is 14.8 Å². The summed E-state index contributed by atoms with van der Waals surface area (Å²) in [4.78, 5) is 20.8. The smallest absolute Gasteiger partial charge is 0.275 e. The number of ether oxygens (including phenoxy) is 3. The van der Waals surface area contributed by atoms with E-state index in [9.17, 15) is 9.90 Å². The van der Waals surface area contributed by atoms with Crippen molar-refractivity contribution in [2.45, 2.75) is 49.8 Å². The third-order valence-electron chi connectivity index (χ3n) is 8.18. The molecule has 3 atom stereocenters. The Hall–Kier alpha value is -2.82. The van der Waals surface area contributed by atoms with Crippen LogP contribution in [0.5, 0.6) is 11.5 Å². The molecule has 1 amide bonds.